The second-order valence-electron chi connectivity index (χ2n) is 1.75. The van der Waals surface area contributed by atoms with Gasteiger partial charge in [0.25, 0.3) is 5.91 Å². The molecule has 5 nitrogen and oxygen atoms in total. The molecule has 10 heavy (non-hydrogen) atoms. The normalized spacial score (nSPS) is 12.3. The monoisotopic (exact) mass is 147 g/mol. The number of hydrogen-bond donors (Lipinski definition) is 2. The first kappa shape index (κ1) is 9.06. The van der Waals surface area contributed by atoms with Gasteiger partial charge in [-0.25, -0.2) is 0 Å². The molecule has 1 unspecified atom stereocenters. The van der Waals surface area contributed by atoms with E-state index in [9.17, 15) is 9.59 Å². The average Bonchev–Trinajstić information content (AvgIpc) is 2.00. The van der Waals surface area contributed by atoms with Crippen LogP contribution in [0.1, 0.15) is 0 Å². The van der Waals surface area contributed by atoms with Crippen molar-refractivity contribution < 1.29 is 19.8 Å². The predicted octanol–water partition coefficient (Wildman–Crippen LogP) is -2.05. The highest BCUT2D eigenvalue weighted by Crippen LogP contribution is 1.86. The van der Waals surface area contributed by atoms with E-state index in [1.54, 1.807) is 0 Å². The largest absolute Gasteiger partial charge is 0.393 e. The highest BCUT2D eigenvalue weighted by atomic mass is 16.3. The summed E-state index contributed by atoms with van der Waals surface area (Å²) in [5, 5.41) is 16.9. The van der Waals surface area contributed by atoms with Crippen molar-refractivity contribution in [1.82, 2.24) is 4.90 Å². The third kappa shape index (κ3) is 2.12. The lowest BCUT2D eigenvalue weighted by atomic mass is 10.3. The van der Waals surface area contributed by atoms with Gasteiger partial charge in [-0.3, -0.25) is 14.5 Å². The number of aliphatic hydroxyl groups is 2. The Labute approximate surface area is 57.9 Å². The molecule has 0 aliphatic carbocycles. The molecule has 0 saturated heterocycles. The van der Waals surface area contributed by atoms with Crippen molar-refractivity contribution in [1.29, 1.82) is 0 Å². The summed E-state index contributed by atoms with van der Waals surface area (Å²) in [7, 11) is 1.20. The van der Waals surface area contributed by atoms with Crippen LogP contribution in [0, 0.1) is 0 Å². The van der Waals surface area contributed by atoms with Crippen LogP contribution in [0.25, 0.3) is 0 Å². The van der Waals surface area contributed by atoms with E-state index in [4.69, 9.17) is 10.2 Å². The zero-order valence-electron chi connectivity index (χ0n) is 5.52. The van der Waals surface area contributed by atoms with E-state index in [2.05, 4.69) is 0 Å². The van der Waals surface area contributed by atoms with Crippen molar-refractivity contribution in [3.8, 4) is 0 Å². The minimum atomic E-state index is -1.49. The fourth-order valence-electron chi connectivity index (χ4n) is 0.365. The first-order chi connectivity index (χ1) is 4.63. The SMILES string of the molecule is CN(C=O)C(=O)C(O)CO. The van der Waals surface area contributed by atoms with Gasteiger partial charge in [-0.2, -0.15) is 0 Å². The lowest BCUT2D eigenvalue weighted by molar-refractivity contribution is -0.145. The molecule has 0 radical (unpaired) electrons. The molecule has 2 N–H and O–H groups in total. The zero-order valence-corrected chi connectivity index (χ0v) is 5.52. The van der Waals surface area contributed by atoms with Crippen molar-refractivity contribution >= 4 is 12.3 Å². The summed E-state index contributed by atoms with van der Waals surface area (Å²) in [5.74, 6) is -0.808. The molecule has 0 bridgehead atoms. The number of nitrogens with zero attached hydrogens (tertiary/aromatic N) is 1. The van der Waals surface area contributed by atoms with E-state index in [1.807, 2.05) is 0 Å². The Hall–Kier alpha value is -0.940. The van der Waals surface area contributed by atoms with Gasteiger partial charge in [0, 0.05) is 7.05 Å². The summed E-state index contributed by atoms with van der Waals surface area (Å²) in [6.45, 7) is -0.670. The lowest BCUT2D eigenvalue weighted by Crippen LogP contribution is -2.37. The second-order valence-corrected chi connectivity index (χ2v) is 1.75. The number of carbonyl (C=O) groups excluding carboxylic acids is 2. The molecule has 0 fully saturated rings. The Morgan fingerprint density at radius 1 is 1.80 bits per heavy atom. The van der Waals surface area contributed by atoms with Gasteiger partial charge in [0.2, 0.25) is 6.41 Å². The molecular weight excluding hydrogens is 138 g/mol. The van der Waals surface area contributed by atoms with Crippen LogP contribution in [0.15, 0.2) is 0 Å². The summed E-state index contributed by atoms with van der Waals surface area (Å²) >= 11 is 0. The molecule has 5 heteroatoms. The third-order valence-corrected chi connectivity index (χ3v) is 0.964. The number of rotatable bonds is 3. The Morgan fingerprint density at radius 3 is 2.60 bits per heavy atom. The summed E-state index contributed by atoms with van der Waals surface area (Å²) in [6, 6.07) is 0. The highest BCUT2D eigenvalue weighted by molar-refractivity contribution is 5.88. The van der Waals surface area contributed by atoms with Crippen LogP contribution in [-0.4, -0.2) is 47.2 Å². The van der Waals surface area contributed by atoms with Gasteiger partial charge in [-0.1, -0.05) is 0 Å². The van der Waals surface area contributed by atoms with Gasteiger partial charge in [0.1, 0.15) is 0 Å². The molecule has 1 atom stereocenters. The molecule has 0 aromatic rings. The van der Waals surface area contributed by atoms with E-state index in [0.29, 0.717) is 4.90 Å². The standard InChI is InChI=1S/C5H9NO4/c1-6(3-8)5(10)4(9)2-7/h3-4,7,9H,2H2,1H3. The number of imide groups is 1. The number of carbonyl (C=O) groups is 2. The Kier molecular flexibility index (Phi) is 3.60. The van der Waals surface area contributed by atoms with E-state index >= 15 is 0 Å². The molecule has 2 amide bonds. The molecule has 0 aromatic carbocycles. The van der Waals surface area contributed by atoms with E-state index in [-0.39, 0.29) is 6.41 Å². The van der Waals surface area contributed by atoms with Crippen LogP contribution in [0.2, 0.25) is 0 Å². The number of aliphatic hydroxyl groups excluding tert-OH is 2. The lowest BCUT2D eigenvalue weighted by Gasteiger charge is -2.11. The predicted molar refractivity (Wildman–Crippen MR) is 31.9 cm³/mol. The van der Waals surface area contributed by atoms with Gasteiger partial charge in [0.05, 0.1) is 6.61 Å². The quantitative estimate of drug-likeness (QED) is 0.450. The van der Waals surface area contributed by atoms with Crippen LogP contribution in [0.3, 0.4) is 0 Å². The Bertz CT molecular complexity index is 136. The summed E-state index contributed by atoms with van der Waals surface area (Å²) in [6.07, 6.45) is -1.23. The van der Waals surface area contributed by atoms with Gasteiger partial charge in [-0.05, 0) is 0 Å². The van der Waals surface area contributed by atoms with Crippen LogP contribution in [0.5, 0.6) is 0 Å². The van der Waals surface area contributed by atoms with Gasteiger partial charge in [0.15, 0.2) is 6.10 Å². The van der Waals surface area contributed by atoms with Gasteiger partial charge in [-0.15, -0.1) is 0 Å². The maximum atomic E-state index is 10.6. The number of amides is 2. The highest BCUT2D eigenvalue weighted by Gasteiger charge is 2.16. The van der Waals surface area contributed by atoms with Crippen molar-refractivity contribution in [2.45, 2.75) is 6.10 Å². The minimum Gasteiger partial charge on any atom is -0.393 e. The topological polar surface area (TPSA) is 77.8 Å². The zero-order chi connectivity index (χ0) is 8.15. The second kappa shape index (κ2) is 3.97. The first-order valence-electron chi connectivity index (χ1n) is 2.64. The summed E-state index contributed by atoms with van der Waals surface area (Å²) < 4.78 is 0. The fourth-order valence-corrected chi connectivity index (χ4v) is 0.365. The Morgan fingerprint density at radius 2 is 2.30 bits per heavy atom. The van der Waals surface area contributed by atoms with Crippen molar-refractivity contribution in [3.05, 3.63) is 0 Å². The summed E-state index contributed by atoms with van der Waals surface area (Å²) in [5.41, 5.74) is 0. The molecule has 0 aliphatic rings. The van der Waals surface area contributed by atoms with E-state index in [1.165, 1.54) is 7.05 Å². The van der Waals surface area contributed by atoms with Crippen molar-refractivity contribution in [2.75, 3.05) is 13.7 Å². The van der Waals surface area contributed by atoms with E-state index < -0.39 is 18.6 Å². The summed E-state index contributed by atoms with van der Waals surface area (Å²) in [4.78, 5) is 21.1. The molecular formula is C5H9NO4. The number of likely N-dealkylation sites (N-methyl/N-ethyl adjacent to an activating group) is 1. The van der Waals surface area contributed by atoms with Crippen LogP contribution >= 0.6 is 0 Å². The molecule has 0 rings (SSSR count). The maximum absolute atomic E-state index is 10.6. The number of hydrogen-bond acceptors (Lipinski definition) is 4. The third-order valence-electron chi connectivity index (χ3n) is 0.964. The molecule has 0 heterocycles. The minimum absolute atomic E-state index is 0.265. The van der Waals surface area contributed by atoms with Crippen molar-refractivity contribution in [3.63, 3.8) is 0 Å². The maximum Gasteiger partial charge on any atom is 0.259 e. The fraction of sp³-hybridized carbons (Fsp3) is 0.600. The van der Waals surface area contributed by atoms with E-state index in [0.717, 1.165) is 0 Å². The molecule has 58 valence electrons. The molecule has 0 saturated carbocycles. The first-order valence-corrected chi connectivity index (χ1v) is 2.64. The van der Waals surface area contributed by atoms with Gasteiger partial charge < -0.3 is 10.2 Å². The average molecular weight is 147 g/mol. The molecule has 0 aliphatic heterocycles. The van der Waals surface area contributed by atoms with Crippen LogP contribution in [0.4, 0.5) is 0 Å². The van der Waals surface area contributed by atoms with Crippen LogP contribution < -0.4 is 0 Å². The van der Waals surface area contributed by atoms with Crippen LogP contribution in [-0.2, 0) is 9.59 Å². The molecule has 0 aromatic heterocycles. The molecule has 0 spiro atoms. The van der Waals surface area contributed by atoms with Crippen molar-refractivity contribution in [2.24, 2.45) is 0 Å². The smallest absolute Gasteiger partial charge is 0.259 e. The van der Waals surface area contributed by atoms with Gasteiger partial charge >= 0.3 is 0 Å². The Balaban J connectivity index is 3.93.